The molecule has 2 heterocycles. The van der Waals surface area contributed by atoms with Gasteiger partial charge in [-0.3, -0.25) is 4.79 Å². The molecule has 1 N–H and O–H groups in total. The van der Waals surface area contributed by atoms with Crippen molar-refractivity contribution in [3.05, 3.63) is 59.2 Å². The van der Waals surface area contributed by atoms with E-state index >= 15 is 0 Å². The largest absolute Gasteiger partial charge is 0.333 e. The second kappa shape index (κ2) is 6.10. The number of rotatable bonds is 2. The summed E-state index contributed by atoms with van der Waals surface area (Å²) in [7, 11) is 0. The van der Waals surface area contributed by atoms with Crippen molar-refractivity contribution in [1.82, 2.24) is 10.2 Å². The first-order chi connectivity index (χ1) is 11.7. The van der Waals surface area contributed by atoms with E-state index in [4.69, 9.17) is 5.26 Å². The summed E-state index contributed by atoms with van der Waals surface area (Å²) < 4.78 is 0. The third-order valence-electron chi connectivity index (χ3n) is 4.95. The van der Waals surface area contributed by atoms with Gasteiger partial charge in [-0.2, -0.15) is 5.26 Å². The van der Waals surface area contributed by atoms with E-state index in [0.29, 0.717) is 18.7 Å². The van der Waals surface area contributed by atoms with Crippen LogP contribution in [0.4, 0.5) is 0 Å². The van der Waals surface area contributed by atoms with Crippen molar-refractivity contribution in [3.63, 3.8) is 0 Å². The summed E-state index contributed by atoms with van der Waals surface area (Å²) in [4.78, 5) is 14.5. The molecule has 2 aromatic rings. The van der Waals surface area contributed by atoms with Gasteiger partial charge in [0.15, 0.2) is 0 Å². The van der Waals surface area contributed by atoms with E-state index in [1.807, 2.05) is 29.2 Å². The Morgan fingerprint density at radius 1 is 1.08 bits per heavy atom. The fourth-order valence-corrected chi connectivity index (χ4v) is 3.58. The summed E-state index contributed by atoms with van der Waals surface area (Å²) in [6.45, 7) is 2.34. The molecule has 0 spiro atoms. The van der Waals surface area contributed by atoms with Crippen LogP contribution in [0.25, 0.3) is 11.1 Å². The Morgan fingerprint density at radius 3 is 2.54 bits per heavy atom. The van der Waals surface area contributed by atoms with E-state index in [1.165, 1.54) is 11.1 Å². The third kappa shape index (κ3) is 2.68. The van der Waals surface area contributed by atoms with Gasteiger partial charge in [0, 0.05) is 13.1 Å². The Morgan fingerprint density at radius 2 is 1.83 bits per heavy atom. The van der Waals surface area contributed by atoms with Crippen molar-refractivity contribution in [2.24, 2.45) is 0 Å². The van der Waals surface area contributed by atoms with Crippen molar-refractivity contribution < 1.29 is 4.79 Å². The van der Waals surface area contributed by atoms with Crippen LogP contribution in [0, 0.1) is 11.3 Å². The number of benzene rings is 2. The molecule has 1 fully saturated rings. The zero-order valence-corrected chi connectivity index (χ0v) is 13.5. The van der Waals surface area contributed by atoms with Gasteiger partial charge in [-0.15, -0.1) is 0 Å². The van der Waals surface area contributed by atoms with Crippen molar-refractivity contribution in [2.45, 2.75) is 32.0 Å². The molecule has 0 aliphatic carbocycles. The lowest BCUT2D eigenvalue weighted by Gasteiger charge is -2.19. The number of nitrogens with one attached hydrogen (secondary N) is 1. The normalized spacial score (nSPS) is 19.1. The average Bonchev–Trinajstić information content (AvgIpc) is 3.30. The van der Waals surface area contributed by atoms with Gasteiger partial charge in [-0.1, -0.05) is 24.3 Å². The van der Waals surface area contributed by atoms with Crippen molar-refractivity contribution >= 4 is 5.91 Å². The summed E-state index contributed by atoms with van der Waals surface area (Å²) in [5.41, 5.74) is 5.35. The molecule has 1 atom stereocenters. The van der Waals surface area contributed by atoms with Crippen LogP contribution < -0.4 is 5.32 Å². The minimum Gasteiger partial charge on any atom is -0.333 e. The Kier molecular flexibility index (Phi) is 3.79. The van der Waals surface area contributed by atoms with Gasteiger partial charge in [-0.25, -0.2) is 0 Å². The number of carbonyl (C=O) groups is 1. The first-order valence-electron chi connectivity index (χ1n) is 8.39. The highest BCUT2D eigenvalue weighted by Crippen LogP contribution is 2.29. The second-order valence-corrected chi connectivity index (χ2v) is 6.52. The molecule has 0 saturated carbocycles. The third-order valence-corrected chi connectivity index (χ3v) is 4.95. The number of hydrogen-bond donors (Lipinski definition) is 1. The Labute approximate surface area is 141 Å². The van der Waals surface area contributed by atoms with Crippen LogP contribution in [0.15, 0.2) is 42.5 Å². The van der Waals surface area contributed by atoms with Gasteiger partial charge >= 0.3 is 0 Å². The maximum atomic E-state index is 12.6. The predicted molar refractivity (Wildman–Crippen MR) is 91.9 cm³/mol. The number of fused-ring (bicyclic) bond motifs is 1. The minimum absolute atomic E-state index is 0.00249. The van der Waals surface area contributed by atoms with Gasteiger partial charge in [0.2, 0.25) is 5.91 Å². The number of hydrogen-bond acceptors (Lipinski definition) is 3. The van der Waals surface area contributed by atoms with Crippen LogP contribution in [0.1, 0.15) is 29.5 Å². The lowest BCUT2D eigenvalue weighted by Crippen LogP contribution is -2.40. The van der Waals surface area contributed by atoms with E-state index in [9.17, 15) is 4.79 Å². The van der Waals surface area contributed by atoms with Gasteiger partial charge in [0.1, 0.15) is 0 Å². The Hall–Kier alpha value is -2.64. The van der Waals surface area contributed by atoms with Gasteiger partial charge in [-0.05, 0) is 59.8 Å². The second-order valence-electron chi connectivity index (χ2n) is 6.52. The first-order valence-corrected chi connectivity index (χ1v) is 8.39. The first kappa shape index (κ1) is 14.9. The van der Waals surface area contributed by atoms with Crippen LogP contribution in [-0.2, 0) is 17.9 Å². The Balaban J connectivity index is 1.54. The topological polar surface area (TPSA) is 56.1 Å². The molecular weight excluding hydrogens is 298 g/mol. The standard InChI is InChI=1S/C20H19N3O/c21-11-14-3-5-15(6-4-14)16-7-8-17-12-23(13-18(17)10-16)20(24)19-2-1-9-22-19/h3-8,10,19,22H,1-2,9,12-13H2/t19-/m0/s1. The van der Waals surface area contributed by atoms with Crippen LogP contribution >= 0.6 is 0 Å². The van der Waals surface area contributed by atoms with Crippen LogP contribution in [0.2, 0.25) is 0 Å². The summed E-state index contributed by atoms with van der Waals surface area (Å²) >= 11 is 0. The molecule has 2 aromatic carbocycles. The molecule has 0 bridgehead atoms. The highest BCUT2D eigenvalue weighted by Gasteiger charge is 2.30. The predicted octanol–water partition coefficient (Wildman–Crippen LogP) is 2.82. The van der Waals surface area contributed by atoms with Gasteiger partial charge < -0.3 is 10.2 Å². The molecular formula is C20H19N3O. The monoisotopic (exact) mass is 317 g/mol. The molecule has 2 aliphatic heterocycles. The maximum Gasteiger partial charge on any atom is 0.240 e. The summed E-state index contributed by atoms with van der Waals surface area (Å²) in [5, 5.41) is 12.2. The summed E-state index contributed by atoms with van der Waals surface area (Å²) in [6, 6.07) is 16.2. The molecule has 0 unspecified atom stereocenters. The number of amides is 1. The van der Waals surface area contributed by atoms with Crippen LogP contribution in [-0.4, -0.2) is 23.4 Å². The van der Waals surface area contributed by atoms with E-state index in [-0.39, 0.29) is 11.9 Å². The van der Waals surface area contributed by atoms with Crippen LogP contribution in [0.5, 0.6) is 0 Å². The lowest BCUT2D eigenvalue weighted by molar-refractivity contribution is -0.133. The highest BCUT2D eigenvalue weighted by atomic mass is 16.2. The fourth-order valence-electron chi connectivity index (χ4n) is 3.58. The molecule has 120 valence electrons. The van der Waals surface area contributed by atoms with E-state index < -0.39 is 0 Å². The number of nitrogens with zero attached hydrogens (tertiary/aromatic N) is 2. The molecule has 0 radical (unpaired) electrons. The molecule has 2 aliphatic rings. The zero-order chi connectivity index (χ0) is 16.5. The minimum atomic E-state index is -0.00249. The van der Waals surface area contributed by atoms with Gasteiger partial charge in [0.05, 0.1) is 17.7 Å². The molecule has 4 heteroatoms. The van der Waals surface area contributed by atoms with Crippen molar-refractivity contribution in [1.29, 1.82) is 5.26 Å². The molecule has 4 rings (SSSR count). The summed E-state index contributed by atoms with van der Waals surface area (Å²) in [5.74, 6) is 0.226. The fraction of sp³-hybridized carbons (Fsp3) is 0.300. The molecule has 4 nitrogen and oxygen atoms in total. The van der Waals surface area contributed by atoms with E-state index in [0.717, 1.165) is 30.5 Å². The molecule has 1 amide bonds. The van der Waals surface area contributed by atoms with E-state index in [2.05, 4.69) is 29.6 Å². The van der Waals surface area contributed by atoms with Crippen molar-refractivity contribution in [2.75, 3.05) is 6.54 Å². The number of nitriles is 1. The molecule has 1 saturated heterocycles. The smallest absolute Gasteiger partial charge is 0.240 e. The van der Waals surface area contributed by atoms with Crippen molar-refractivity contribution in [3.8, 4) is 17.2 Å². The van der Waals surface area contributed by atoms with Crippen LogP contribution in [0.3, 0.4) is 0 Å². The Bertz CT molecular complexity index is 814. The maximum absolute atomic E-state index is 12.6. The molecule has 0 aromatic heterocycles. The van der Waals surface area contributed by atoms with Gasteiger partial charge in [0.25, 0.3) is 0 Å². The zero-order valence-electron chi connectivity index (χ0n) is 13.5. The quantitative estimate of drug-likeness (QED) is 0.926. The number of carbonyl (C=O) groups excluding carboxylic acids is 1. The van der Waals surface area contributed by atoms with E-state index in [1.54, 1.807) is 0 Å². The SMILES string of the molecule is N#Cc1ccc(-c2ccc3c(c2)CN(C(=O)[C@@H]2CCCN2)C3)cc1. The lowest BCUT2D eigenvalue weighted by atomic mass is 10.00. The summed E-state index contributed by atoms with van der Waals surface area (Å²) in [6.07, 6.45) is 2.03. The molecule has 24 heavy (non-hydrogen) atoms. The highest BCUT2D eigenvalue weighted by molar-refractivity contribution is 5.83. The average molecular weight is 317 g/mol.